The molecule has 0 aliphatic rings. The molecule has 0 saturated carbocycles. The number of nitrogen functional groups attached to an aromatic ring is 1. The second-order valence-electron chi connectivity index (χ2n) is 9.85. The summed E-state index contributed by atoms with van der Waals surface area (Å²) in [4.78, 5) is 16.3. The number of anilines is 1. The van der Waals surface area contributed by atoms with E-state index in [2.05, 4.69) is 86.8 Å². The van der Waals surface area contributed by atoms with Crippen molar-refractivity contribution < 1.29 is 0 Å². The normalized spacial score (nSPS) is 12.4. The fourth-order valence-electron chi connectivity index (χ4n) is 5.56. The molecular weight excluding hydrogens is 478 g/mol. The maximum Gasteiger partial charge on any atom is 0.198 e. The molecule has 0 saturated heterocycles. The summed E-state index contributed by atoms with van der Waals surface area (Å²) < 4.78 is 1.27. The SMILES string of the molecule is CC(C)c1nc2c3ccsc3c3cc(-c4ccc5c(c4)c4cnncc4c4nc(N)[nH]c54)ccc3c2[nH]1. The van der Waals surface area contributed by atoms with Gasteiger partial charge in [0.2, 0.25) is 0 Å². The van der Waals surface area contributed by atoms with Gasteiger partial charge in [0.15, 0.2) is 5.95 Å². The number of hydrogen-bond acceptors (Lipinski definition) is 6. The highest BCUT2D eigenvalue weighted by atomic mass is 32.1. The quantitative estimate of drug-likeness (QED) is 0.217. The van der Waals surface area contributed by atoms with Crippen molar-refractivity contribution >= 4 is 81.8 Å². The van der Waals surface area contributed by atoms with Crippen LogP contribution in [0.3, 0.4) is 0 Å². The molecule has 7 nitrogen and oxygen atoms in total. The lowest BCUT2D eigenvalue weighted by Crippen LogP contribution is -1.88. The van der Waals surface area contributed by atoms with Crippen molar-refractivity contribution in [3.8, 4) is 11.1 Å². The van der Waals surface area contributed by atoms with Crippen molar-refractivity contribution in [2.24, 2.45) is 0 Å². The molecule has 0 fully saturated rings. The Morgan fingerprint density at radius 3 is 2.16 bits per heavy atom. The van der Waals surface area contributed by atoms with Crippen LogP contribution in [0.2, 0.25) is 0 Å². The first-order valence-electron chi connectivity index (χ1n) is 12.2. The number of hydrogen-bond donors (Lipinski definition) is 3. The predicted molar refractivity (Wildman–Crippen MR) is 153 cm³/mol. The van der Waals surface area contributed by atoms with Gasteiger partial charge in [0.25, 0.3) is 0 Å². The molecule has 0 atom stereocenters. The van der Waals surface area contributed by atoms with E-state index < -0.39 is 0 Å². The number of nitrogens with two attached hydrogens (primary N) is 1. The first-order chi connectivity index (χ1) is 18.1. The Hall–Kier alpha value is -4.56. The second-order valence-corrected chi connectivity index (χ2v) is 10.8. The van der Waals surface area contributed by atoms with E-state index in [-0.39, 0.29) is 0 Å². The Bertz CT molecular complexity index is 2200. The van der Waals surface area contributed by atoms with E-state index in [1.54, 1.807) is 17.5 Å². The van der Waals surface area contributed by atoms with E-state index in [0.717, 1.165) is 60.6 Å². The number of rotatable bonds is 2. The average Bonchev–Trinajstić information content (AvgIpc) is 3.66. The Morgan fingerprint density at radius 1 is 0.703 bits per heavy atom. The summed E-state index contributed by atoms with van der Waals surface area (Å²) in [5, 5.41) is 18.2. The third kappa shape index (κ3) is 2.81. The molecule has 4 N–H and O–H groups in total. The Balaban J connectivity index is 1.41. The van der Waals surface area contributed by atoms with E-state index in [0.29, 0.717) is 11.9 Å². The molecular formula is C29H21N7S. The lowest BCUT2D eigenvalue weighted by molar-refractivity contribution is 0.799. The molecule has 4 heterocycles. The second kappa shape index (κ2) is 7.24. The monoisotopic (exact) mass is 499 g/mol. The fourth-order valence-corrected chi connectivity index (χ4v) is 6.49. The first kappa shape index (κ1) is 20.6. The molecule has 4 aromatic carbocycles. The Labute approximate surface area is 214 Å². The van der Waals surface area contributed by atoms with Crippen LogP contribution in [0.25, 0.3) is 75.6 Å². The summed E-state index contributed by atoms with van der Waals surface area (Å²) in [6.45, 7) is 4.34. The first-order valence-corrected chi connectivity index (χ1v) is 13.1. The zero-order valence-corrected chi connectivity index (χ0v) is 20.9. The minimum absolute atomic E-state index is 0.337. The summed E-state index contributed by atoms with van der Waals surface area (Å²) in [6, 6.07) is 15.4. The summed E-state index contributed by atoms with van der Waals surface area (Å²) >= 11 is 1.77. The molecule has 0 unspecified atom stereocenters. The van der Waals surface area contributed by atoms with Crippen LogP contribution >= 0.6 is 11.3 Å². The number of thiophene rings is 1. The molecule has 4 aromatic heterocycles. The summed E-state index contributed by atoms with van der Waals surface area (Å²) in [6.07, 6.45) is 3.57. The number of imidazole rings is 2. The summed E-state index contributed by atoms with van der Waals surface area (Å²) in [7, 11) is 0. The number of aromatic nitrogens is 6. The van der Waals surface area contributed by atoms with Gasteiger partial charge in [-0.3, -0.25) is 0 Å². The molecule has 0 bridgehead atoms. The van der Waals surface area contributed by atoms with Crippen LogP contribution in [0.1, 0.15) is 25.6 Å². The highest BCUT2D eigenvalue weighted by Gasteiger charge is 2.17. The molecule has 0 amide bonds. The van der Waals surface area contributed by atoms with Crippen LogP contribution < -0.4 is 5.73 Å². The minimum atomic E-state index is 0.337. The zero-order chi connectivity index (χ0) is 24.8. The molecule has 8 rings (SSSR count). The third-order valence-electron chi connectivity index (χ3n) is 7.34. The van der Waals surface area contributed by atoms with Gasteiger partial charge in [-0.2, -0.15) is 10.2 Å². The van der Waals surface area contributed by atoms with Crippen LogP contribution in [0, 0.1) is 0 Å². The van der Waals surface area contributed by atoms with Crippen molar-refractivity contribution in [3.05, 3.63) is 66.1 Å². The number of aromatic amines is 2. The van der Waals surface area contributed by atoms with Gasteiger partial charge in [0.1, 0.15) is 11.3 Å². The molecule has 0 spiro atoms. The van der Waals surface area contributed by atoms with E-state index >= 15 is 0 Å². The maximum absolute atomic E-state index is 6.03. The van der Waals surface area contributed by atoms with Crippen molar-refractivity contribution in [2.75, 3.05) is 5.73 Å². The smallest absolute Gasteiger partial charge is 0.198 e. The van der Waals surface area contributed by atoms with Gasteiger partial charge in [-0.05, 0) is 40.1 Å². The lowest BCUT2D eigenvalue weighted by atomic mass is 9.95. The van der Waals surface area contributed by atoms with Gasteiger partial charge in [-0.25, -0.2) is 9.97 Å². The van der Waals surface area contributed by atoms with Crippen molar-refractivity contribution in [1.82, 2.24) is 30.1 Å². The standard InChI is InChI=1S/C29H21N7S/c1-13(2)28-33-23-17-6-4-15(10-20(17)27-18(7-8-37-27)25(23)34-28)14-3-5-16-19(9-14)21-11-31-32-12-22(21)26-24(16)35-29(30)36-26/h3-13H,1-2H3,(H,33,34)(H3,30,35,36). The topological polar surface area (TPSA) is 109 Å². The fraction of sp³-hybridized carbons (Fsp3) is 0.103. The molecule has 8 heteroatoms. The molecule has 0 aliphatic heterocycles. The van der Waals surface area contributed by atoms with Gasteiger partial charge in [-0.1, -0.05) is 38.1 Å². The predicted octanol–water partition coefficient (Wildman–Crippen LogP) is 7.28. The number of nitrogens with zero attached hydrogens (tertiary/aromatic N) is 4. The molecule has 37 heavy (non-hydrogen) atoms. The van der Waals surface area contributed by atoms with Crippen LogP contribution in [-0.2, 0) is 0 Å². The van der Waals surface area contributed by atoms with Crippen LogP contribution in [0.5, 0.6) is 0 Å². The largest absolute Gasteiger partial charge is 0.369 e. The van der Waals surface area contributed by atoms with Crippen LogP contribution in [-0.4, -0.2) is 30.1 Å². The zero-order valence-electron chi connectivity index (χ0n) is 20.1. The van der Waals surface area contributed by atoms with Gasteiger partial charge >= 0.3 is 0 Å². The number of nitrogens with one attached hydrogen (secondary N) is 2. The highest BCUT2D eigenvalue weighted by molar-refractivity contribution is 7.18. The molecule has 0 aliphatic carbocycles. The molecule has 8 aromatic rings. The van der Waals surface area contributed by atoms with Gasteiger partial charge < -0.3 is 15.7 Å². The highest BCUT2D eigenvalue weighted by Crippen LogP contribution is 2.40. The molecule has 0 radical (unpaired) electrons. The van der Waals surface area contributed by atoms with E-state index in [1.165, 1.54) is 20.9 Å². The van der Waals surface area contributed by atoms with Crippen LogP contribution in [0.15, 0.2) is 60.2 Å². The van der Waals surface area contributed by atoms with Crippen molar-refractivity contribution in [1.29, 1.82) is 0 Å². The van der Waals surface area contributed by atoms with E-state index in [9.17, 15) is 0 Å². The van der Waals surface area contributed by atoms with Gasteiger partial charge in [0.05, 0.1) is 28.9 Å². The Kier molecular flexibility index (Phi) is 4.03. The third-order valence-corrected chi connectivity index (χ3v) is 8.29. The number of fused-ring (bicyclic) bond motifs is 12. The van der Waals surface area contributed by atoms with E-state index in [1.807, 2.05) is 6.20 Å². The van der Waals surface area contributed by atoms with Gasteiger partial charge in [-0.15, -0.1) is 11.3 Å². The Morgan fingerprint density at radius 2 is 1.38 bits per heavy atom. The lowest BCUT2D eigenvalue weighted by Gasteiger charge is -2.10. The average molecular weight is 500 g/mol. The number of H-pyrrole nitrogens is 2. The summed E-state index contributed by atoms with van der Waals surface area (Å²) in [5.41, 5.74) is 12.2. The van der Waals surface area contributed by atoms with Crippen molar-refractivity contribution in [3.63, 3.8) is 0 Å². The van der Waals surface area contributed by atoms with Gasteiger partial charge in [0, 0.05) is 42.9 Å². The summed E-state index contributed by atoms with van der Waals surface area (Å²) in [5.74, 6) is 1.75. The van der Waals surface area contributed by atoms with Crippen LogP contribution in [0.4, 0.5) is 5.95 Å². The van der Waals surface area contributed by atoms with E-state index in [4.69, 9.17) is 10.7 Å². The minimum Gasteiger partial charge on any atom is -0.369 e. The van der Waals surface area contributed by atoms with Crippen molar-refractivity contribution in [2.45, 2.75) is 19.8 Å². The molecule has 178 valence electrons. The maximum atomic E-state index is 6.03. The number of benzene rings is 4.